The molecule has 1 heterocycles. The van der Waals surface area contributed by atoms with Gasteiger partial charge in [-0.1, -0.05) is 60.7 Å². The van der Waals surface area contributed by atoms with E-state index in [0.29, 0.717) is 0 Å². The molecule has 1 saturated heterocycles. The first-order valence-corrected chi connectivity index (χ1v) is 10.7. The minimum absolute atomic E-state index is 0.912. The van der Waals surface area contributed by atoms with Crippen LogP contribution in [0.3, 0.4) is 0 Å². The van der Waals surface area contributed by atoms with Crippen molar-refractivity contribution in [1.82, 2.24) is 0 Å². The average Bonchev–Trinajstić information content (AvgIpc) is 2.57. The summed E-state index contributed by atoms with van der Waals surface area (Å²) in [5, 5.41) is 1.82. The van der Waals surface area contributed by atoms with Gasteiger partial charge in [-0.25, -0.2) is 0 Å². The molecule has 108 valence electrons. The standard InChI is InChI=1S/C17H17OPS2/c18-19(15-8-3-1-4-9-15,16-10-5-2-6-11-16)14-17-20-12-7-13-21-17/h1-6,8-11,14H,7,12-13H2. The highest BCUT2D eigenvalue weighted by atomic mass is 32.2. The van der Waals surface area contributed by atoms with Gasteiger partial charge in [0.2, 0.25) is 0 Å². The van der Waals surface area contributed by atoms with Gasteiger partial charge in [0.05, 0.1) is 0 Å². The largest absolute Gasteiger partial charge is 0.309 e. The van der Waals surface area contributed by atoms with Crippen LogP contribution in [0, 0.1) is 0 Å². The molecule has 0 aromatic heterocycles. The maximum Gasteiger partial charge on any atom is 0.165 e. The fourth-order valence-corrected chi connectivity index (χ4v) is 7.87. The molecule has 2 aromatic rings. The molecule has 0 N–H and O–H groups in total. The van der Waals surface area contributed by atoms with Crippen molar-refractivity contribution in [3.05, 3.63) is 70.7 Å². The zero-order valence-corrected chi connectivity index (χ0v) is 14.2. The fraction of sp³-hybridized carbons (Fsp3) is 0.176. The zero-order valence-electron chi connectivity index (χ0n) is 11.6. The summed E-state index contributed by atoms with van der Waals surface area (Å²) in [7, 11) is -2.70. The van der Waals surface area contributed by atoms with E-state index < -0.39 is 7.14 Å². The van der Waals surface area contributed by atoms with E-state index in [1.54, 1.807) is 0 Å². The van der Waals surface area contributed by atoms with Gasteiger partial charge in [0.15, 0.2) is 7.14 Å². The van der Waals surface area contributed by atoms with Crippen LogP contribution in [-0.2, 0) is 4.57 Å². The van der Waals surface area contributed by atoms with E-state index in [1.807, 2.05) is 90.0 Å². The van der Waals surface area contributed by atoms with Crippen LogP contribution in [0.1, 0.15) is 6.42 Å². The van der Waals surface area contributed by atoms with E-state index in [-0.39, 0.29) is 0 Å². The molecule has 0 bridgehead atoms. The number of hydrogen-bond donors (Lipinski definition) is 0. The number of hydrogen-bond acceptors (Lipinski definition) is 3. The summed E-state index contributed by atoms with van der Waals surface area (Å²) in [6, 6.07) is 19.7. The normalized spacial score (nSPS) is 15.7. The second-order valence-corrected chi connectivity index (χ2v) is 9.97. The predicted molar refractivity (Wildman–Crippen MR) is 97.4 cm³/mol. The minimum atomic E-state index is -2.70. The maximum absolute atomic E-state index is 13.8. The third-order valence-corrected chi connectivity index (χ3v) is 8.94. The molecule has 0 radical (unpaired) electrons. The molecular formula is C17H17OPS2. The van der Waals surface area contributed by atoms with Gasteiger partial charge in [-0.15, -0.1) is 23.5 Å². The second-order valence-electron chi connectivity index (χ2n) is 4.83. The van der Waals surface area contributed by atoms with Crippen LogP contribution in [0.15, 0.2) is 70.7 Å². The first-order chi connectivity index (χ1) is 10.3. The Balaban J connectivity index is 2.09. The summed E-state index contributed by atoms with van der Waals surface area (Å²) in [4.78, 5) is 0. The minimum Gasteiger partial charge on any atom is -0.309 e. The highest BCUT2D eigenvalue weighted by Crippen LogP contribution is 2.50. The third kappa shape index (κ3) is 3.48. The molecule has 0 unspecified atom stereocenters. The van der Waals surface area contributed by atoms with Crippen molar-refractivity contribution in [3.8, 4) is 0 Å². The van der Waals surface area contributed by atoms with Crippen LogP contribution in [0.4, 0.5) is 0 Å². The van der Waals surface area contributed by atoms with Crippen molar-refractivity contribution in [3.63, 3.8) is 0 Å². The molecule has 1 aliphatic rings. The van der Waals surface area contributed by atoms with Gasteiger partial charge in [0, 0.05) is 20.7 Å². The van der Waals surface area contributed by atoms with Crippen LogP contribution in [-0.4, -0.2) is 11.5 Å². The van der Waals surface area contributed by atoms with Crippen molar-refractivity contribution < 1.29 is 4.57 Å². The first-order valence-electron chi connectivity index (χ1n) is 6.98. The summed E-state index contributed by atoms with van der Waals surface area (Å²) in [5.41, 5.74) is 0. The van der Waals surface area contributed by atoms with Crippen molar-refractivity contribution in [2.45, 2.75) is 6.42 Å². The second kappa shape index (κ2) is 6.91. The molecule has 0 aliphatic carbocycles. The smallest absolute Gasteiger partial charge is 0.165 e. The van der Waals surface area contributed by atoms with Crippen LogP contribution in [0.2, 0.25) is 0 Å². The molecular weight excluding hydrogens is 315 g/mol. The lowest BCUT2D eigenvalue weighted by molar-refractivity contribution is 0.592. The Kier molecular flexibility index (Phi) is 4.95. The van der Waals surface area contributed by atoms with Gasteiger partial charge in [0.1, 0.15) is 0 Å². The molecule has 1 fully saturated rings. The van der Waals surface area contributed by atoms with Crippen molar-refractivity contribution in [1.29, 1.82) is 0 Å². The summed E-state index contributed by atoms with van der Waals surface area (Å²) in [6.45, 7) is 0. The summed E-state index contributed by atoms with van der Waals surface area (Å²) >= 11 is 3.66. The van der Waals surface area contributed by atoms with Crippen molar-refractivity contribution in [2.75, 3.05) is 11.5 Å². The van der Waals surface area contributed by atoms with E-state index in [1.165, 1.54) is 10.7 Å². The van der Waals surface area contributed by atoms with E-state index in [9.17, 15) is 4.57 Å². The Bertz CT molecular complexity index is 616. The SMILES string of the molecule is O=P(C=C1SCCCS1)(c1ccccc1)c1ccccc1. The average molecular weight is 332 g/mol. The van der Waals surface area contributed by atoms with Crippen LogP contribution in [0.5, 0.6) is 0 Å². The zero-order chi connectivity index (χ0) is 14.5. The predicted octanol–water partition coefficient (Wildman–Crippen LogP) is 4.67. The van der Waals surface area contributed by atoms with Gasteiger partial charge in [-0.05, 0) is 17.9 Å². The third-order valence-electron chi connectivity index (χ3n) is 3.34. The topological polar surface area (TPSA) is 17.1 Å². The van der Waals surface area contributed by atoms with Gasteiger partial charge in [-0.3, -0.25) is 0 Å². The number of rotatable bonds is 3. The molecule has 4 heteroatoms. The van der Waals surface area contributed by atoms with E-state index >= 15 is 0 Å². The van der Waals surface area contributed by atoms with Crippen LogP contribution >= 0.6 is 30.7 Å². The van der Waals surface area contributed by atoms with Gasteiger partial charge in [0.25, 0.3) is 0 Å². The molecule has 3 rings (SSSR count). The molecule has 0 spiro atoms. The molecule has 1 aliphatic heterocycles. The first kappa shape index (κ1) is 15.0. The molecule has 0 amide bonds. The van der Waals surface area contributed by atoms with Crippen molar-refractivity contribution in [2.24, 2.45) is 0 Å². The molecule has 1 nitrogen and oxygen atoms in total. The van der Waals surface area contributed by atoms with Crippen LogP contribution in [0.25, 0.3) is 0 Å². The molecule has 2 aromatic carbocycles. The number of thioether (sulfide) groups is 2. The van der Waals surface area contributed by atoms with Gasteiger partial charge < -0.3 is 4.57 Å². The van der Waals surface area contributed by atoms with Crippen molar-refractivity contribution >= 4 is 41.3 Å². The van der Waals surface area contributed by atoms with E-state index in [0.717, 1.165) is 22.1 Å². The maximum atomic E-state index is 13.8. The summed E-state index contributed by atoms with van der Waals surface area (Å²) in [6.07, 6.45) is 1.23. The molecule has 0 atom stereocenters. The lowest BCUT2D eigenvalue weighted by Crippen LogP contribution is -2.14. The summed E-state index contributed by atoms with van der Waals surface area (Å²) in [5.74, 6) is 4.27. The van der Waals surface area contributed by atoms with E-state index in [2.05, 4.69) is 0 Å². The van der Waals surface area contributed by atoms with Gasteiger partial charge >= 0.3 is 0 Å². The fourth-order valence-electron chi connectivity index (χ4n) is 2.27. The highest BCUT2D eigenvalue weighted by molar-refractivity contribution is 8.23. The lowest BCUT2D eigenvalue weighted by Gasteiger charge is -2.19. The summed E-state index contributed by atoms with van der Waals surface area (Å²) < 4.78 is 15.0. The lowest BCUT2D eigenvalue weighted by atomic mass is 10.4. The van der Waals surface area contributed by atoms with E-state index in [4.69, 9.17) is 0 Å². The Hall–Kier alpha value is -0.890. The Morgan fingerprint density at radius 1 is 0.810 bits per heavy atom. The molecule has 0 saturated carbocycles. The van der Waals surface area contributed by atoms with Crippen LogP contribution < -0.4 is 10.6 Å². The molecule has 21 heavy (non-hydrogen) atoms. The Morgan fingerprint density at radius 2 is 1.29 bits per heavy atom. The Labute approximate surface area is 134 Å². The quantitative estimate of drug-likeness (QED) is 0.760. The van der Waals surface area contributed by atoms with Gasteiger partial charge in [-0.2, -0.15) is 0 Å². The Morgan fingerprint density at radius 3 is 1.76 bits per heavy atom. The monoisotopic (exact) mass is 332 g/mol. The number of benzene rings is 2. The highest BCUT2D eigenvalue weighted by Gasteiger charge is 2.26.